The standard InChI is InChI=1S/C26H28O12/c1-4-10(2)25(34)38-24-19(30)11(3)35-26(22(24)33)36-13-8-16(29)18-17(9-13)37-23(21(32)20(18)31)12-5-6-14(27)15(28)7-12/h5-11,19,22,24,26-30,32-33H,4H2,1-3H3/t10-,11-,19-,22+,24+,26-/m0/s1. The van der Waals surface area contributed by atoms with Crippen molar-refractivity contribution in [1.82, 2.24) is 0 Å². The van der Waals surface area contributed by atoms with Gasteiger partial charge in [0.25, 0.3) is 0 Å². The molecule has 0 unspecified atom stereocenters. The van der Waals surface area contributed by atoms with E-state index in [2.05, 4.69) is 0 Å². The molecule has 0 radical (unpaired) electrons. The van der Waals surface area contributed by atoms with Gasteiger partial charge in [-0.25, -0.2) is 0 Å². The van der Waals surface area contributed by atoms with Gasteiger partial charge in [-0.05, 0) is 31.5 Å². The number of aliphatic hydroxyl groups is 2. The number of benzene rings is 2. The molecule has 4 rings (SSSR count). The van der Waals surface area contributed by atoms with Crippen LogP contribution in [0.2, 0.25) is 0 Å². The highest BCUT2D eigenvalue weighted by atomic mass is 16.7. The predicted octanol–water partition coefficient (Wildman–Crippen LogP) is 2.09. The van der Waals surface area contributed by atoms with Gasteiger partial charge in [0.15, 0.2) is 29.5 Å². The summed E-state index contributed by atoms with van der Waals surface area (Å²) in [4.78, 5) is 25.1. The van der Waals surface area contributed by atoms with E-state index in [0.29, 0.717) is 6.42 Å². The molecule has 1 aromatic heterocycles. The minimum atomic E-state index is -1.62. The number of hydrogen-bond donors (Lipinski definition) is 6. The third-order valence-electron chi connectivity index (χ3n) is 6.46. The topological polar surface area (TPSA) is 196 Å². The van der Waals surface area contributed by atoms with E-state index in [1.807, 2.05) is 0 Å². The van der Waals surface area contributed by atoms with Crippen molar-refractivity contribution in [2.24, 2.45) is 5.92 Å². The van der Waals surface area contributed by atoms with E-state index in [1.54, 1.807) is 13.8 Å². The first-order valence-electron chi connectivity index (χ1n) is 11.9. The third kappa shape index (κ3) is 4.93. The number of fused-ring (bicyclic) bond motifs is 1. The summed E-state index contributed by atoms with van der Waals surface area (Å²) in [6.07, 6.45) is -6.18. The van der Waals surface area contributed by atoms with Gasteiger partial charge in [-0.1, -0.05) is 13.8 Å². The number of phenols is 3. The second kappa shape index (κ2) is 10.4. The lowest BCUT2D eigenvalue weighted by Gasteiger charge is -2.40. The van der Waals surface area contributed by atoms with Gasteiger partial charge in [0.05, 0.1) is 12.0 Å². The van der Waals surface area contributed by atoms with Crippen molar-refractivity contribution < 1.29 is 54.1 Å². The highest BCUT2D eigenvalue weighted by Gasteiger charge is 2.47. The molecular weight excluding hydrogens is 504 g/mol. The third-order valence-corrected chi connectivity index (χ3v) is 6.46. The van der Waals surface area contributed by atoms with Crippen LogP contribution in [0.1, 0.15) is 27.2 Å². The van der Waals surface area contributed by atoms with Crippen LogP contribution in [-0.2, 0) is 14.3 Å². The van der Waals surface area contributed by atoms with Crippen molar-refractivity contribution in [3.05, 3.63) is 40.6 Å². The van der Waals surface area contributed by atoms with Gasteiger partial charge in [-0.3, -0.25) is 9.59 Å². The van der Waals surface area contributed by atoms with Crippen molar-refractivity contribution in [3.8, 4) is 40.1 Å². The van der Waals surface area contributed by atoms with Gasteiger partial charge in [0.2, 0.25) is 17.5 Å². The average molecular weight is 532 g/mol. The molecule has 0 aliphatic carbocycles. The maximum atomic E-state index is 12.8. The van der Waals surface area contributed by atoms with Crippen LogP contribution in [0.15, 0.2) is 39.5 Å². The molecule has 38 heavy (non-hydrogen) atoms. The average Bonchev–Trinajstić information content (AvgIpc) is 2.88. The van der Waals surface area contributed by atoms with Crippen molar-refractivity contribution in [3.63, 3.8) is 0 Å². The molecule has 12 heteroatoms. The maximum absolute atomic E-state index is 12.8. The van der Waals surface area contributed by atoms with Crippen LogP contribution in [0, 0.1) is 5.92 Å². The molecule has 6 atom stereocenters. The largest absolute Gasteiger partial charge is 0.507 e. The number of rotatable bonds is 6. The molecule has 1 aliphatic rings. The quantitative estimate of drug-likeness (QED) is 0.200. The lowest BCUT2D eigenvalue weighted by atomic mass is 9.99. The van der Waals surface area contributed by atoms with Crippen LogP contribution in [0.25, 0.3) is 22.3 Å². The minimum Gasteiger partial charge on any atom is -0.507 e. The predicted molar refractivity (Wildman–Crippen MR) is 131 cm³/mol. The van der Waals surface area contributed by atoms with Gasteiger partial charge >= 0.3 is 5.97 Å². The fourth-order valence-corrected chi connectivity index (χ4v) is 3.98. The summed E-state index contributed by atoms with van der Waals surface area (Å²) >= 11 is 0. The molecule has 6 N–H and O–H groups in total. The molecule has 12 nitrogen and oxygen atoms in total. The molecule has 0 amide bonds. The van der Waals surface area contributed by atoms with E-state index >= 15 is 0 Å². The van der Waals surface area contributed by atoms with Crippen LogP contribution < -0.4 is 10.2 Å². The molecule has 204 valence electrons. The van der Waals surface area contributed by atoms with Crippen LogP contribution in [0.5, 0.6) is 28.7 Å². The van der Waals surface area contributed by atoms with E-state index in [0.717, 1.165) is 18.2 Å². The first-order chi connectivity index (χ1) is 17.9. The van der Waals surface area contributed by atoms with Gasteiger partial charge in [0, 0.05) is 17.7 Å². The summed E-state index contributed by atoms with van der Waals surface area (Å²) in [5.74, 6) is -3.95. The van der Waals surface area contributed by atoms with E-state index in [9.17, 15) is 40.2 Å². The number of esters is 1. The van der Waals surface area contributed by atoms with Gasteiger partial charge in [-0.2, -0.15) is 0 Å². The van der Waals surface area contributed by atoms with E-state index in [-0.39, 0.29) is 28.0 Å². The summed E-state index contributed by atoms with van der Waals surface area (Å²) in [5, 5.41) is 61.1. The number of aromatic hydroxyl groups is 4. The van der Waals surface area contributed by atoms with Crippen LogP contribution >= 0.6 is 0 Å². The fourth-order valence-electron chi connectivity index (χ4n) is 3.98. The number of phenolic OH excluding ortho intramolecular Hbond substituents is 3. The Morgan fingerprint density at radius 1 is 1.03 bits per heavy atom. The second-order valence-electron chi connectivity index (χ2n) is 9.15. The molecular formula is C26H28O12. The van der Waals surface area contributed by atoms with Crippen LogP contribution in [-0.4, -0.2) is 67.3 Å². The zero-order chi connectivity index (χ0) is 27.9. The monoisotopic (exact) mass is 532 g/mol. The Labute approximate surface area is 215 Å². The van der Waals surface area contributed by atoms with Crippen LogP contribution in [0.4, 0.5) is 0 Å². The zero-order valence-electron chi connectivity index (χ0n) is 20.7. The van der Waals surface area contributed by atoms with Crippen LogP contribution in [0.3, 0.4) is 0 Å². The Kier molecular flexibility index (Phi) is 7.40. The Balaban J connectivity index is 1.69. The van der Waals surface area contributed by atoms with E-state index < -0.39 is 71.0 Å². The lowest BCUT2D eigenvalue weighted by Crippen LogP contribution is -2.59. The summed E-state index contributed by atoms with van der Waals surface area (Å²) in [6.45, 7) is 4.93. The van der Waals surface area contributed by atoms with Gasteiger partial charge < -0.3 is 49.3 Å². The number of carbonyl (C=O) groups excluding carboxylic acids is 1. The maximum Gasteiger partial charge on any atom is 0.309 e. The number of carbonyl (C=O) groups is 1. The smallest absolute Gasteiger partial charge is 0.309 e. The molecule has 2 heterocycles. The lowest BCUT2D eigenvalue weighted by molar-refractivity contribution is -0.273. The second-order valence-corrected chi connectivity index (χ2v) is 9.15. The highest BCUT2D eigenvalue weighted by molar-refractivity contribution is 5.88. The fraction of sp³-hybridized carbons (Fsp3) is 0.385. The molecule has 1 saturated heterocycles. The van der Waals surface area contributed by atoms with Crippen molar-refractivity contribution in [2.45, 2.75) is 57.9 Å². The minimum absolute atomic E-state index is 0.0578. The van der Waals surface area contributed by atoms with Gasteiger partial charge in [-0.15, -0.1) is 0 Å². The molecule has 1 aliphatic heterocycles. The number of ether oxygens (including phenoxy) is 3. The van der Waals surface area contributed by atoms with E-state index in [1.165, 1.54) is 19.1 Å². The summed E-state index contributed by atoms with van der Waals surface area (Å²) in [7, 11) is 0. The zero-order valence-corrected chi connectivity index (χ0v) is 20.7. The SMILES string of the molecule is CC[C@H](C)C(=O)O[C@@H]1[C@@H](O)[C@H](C)O[C@@H](Oc2cc(O)c3c(=O)c(O)c(-c4ccc(O)c(O)c4)oc3c2)[C@@H]1O. The normalized spacial score (nSPS) is 24.2. The molecule has 1 fully saturated rings. The molecule has 0 spiro atoms. The Hall–Kier alpha value is -4.00. The van der Waals surface area contributed by atoms with E-state index in [4.69, 9.17) is 18.6 Å². The molecule has 0 bridgehead atoms. The van der Waals surface area contributed by atoms with Crippen molar-refractivity contribution in [2.75, 3.05) is 0 Å². The summed E-state index contributed by atoms with van der Waals surface area (Å²) in [6, 6.07) is 5.73. The summed E-state index contributed by atoms with van der Waals surface area (Å²) in [5.41, 5.74) is -1.13. The van der Waals surface area contributed by atoms with Crippen molar-refractivity contribution in [1.29, 1.82) is 0 Å². The first kappa shape index (κ1) is 27.0. The Morgan fingerprint density at radius 2 is 1.74 bits per heavy atom. The molecule has 0 saturated carbocycles. The number of aliphatic hydroxyl groups excluding tert-OH is 2. The first-order valence-corrected chi connectivity index (χ1v) is 11.9. The molecule has 3 aromatic rings. The Morgan fingerprint density at radius 3 is 2.39 bits per heavy atom. The molecule has 2 aromatic carbocycles. The number of hydrogen-bond acceptors (Lipinski definition) is 12. The van der Waals surface area contributed by atoms with Crippen molar-refractivity contribution >= 4 is 16.9 Å². The Bertz CT molecular complexity index is 1410. The highest BCUT2D eigenvalue weighted by Crippen LogP contribution is 2.38. The van der Waals surface area contributed by atoms with Gasteiger partial charge in [0.1, 0.15) is 28.6 Å². The summed E-state index contributed by atoms with van der Waals surface area (Å²) < 4.78 is 22.2.